The molecule has 4 rings (SSSR count). The summed E-state index contributed by atoms with van der Waals surface area (Å²) in [6, 6.07) is 15.1. The van der Waals surface area contributed by atoms with Gasteiger partial charge in [0.25, 0.3) is 0 Å². The lowest BCUT2D eigenvalue weighted by Crippen LogP contribution is -2.53. The first-order chi connectivity index (χ1) is 15.5. The summed E-state index contributed by atoms with van der Waals surface area (Å²) in [5.41, 5.74) is 2.20. The highest BCUT2D eigenvalue weighted by Crippen LogP contribution is 2.22. The molecule has 0 aliphatic carbocycles. The van der Waals surface area contributed by atoms with Crippen LogP contribution in [0.2, 0.25) is 0 Å². The summed E-state index contributed by atoms with van der Waals surface area (Å²) in [5, 5.41) is 0. The lowest BCUT2D eigenvalue weighted by molar-refractivity contribution is -0.133. The average molecular weight is 439 g/mol. The Labute approximate surface area is 189 Å². The van der Waals surface area contributed by atoms with Crippen LogP contribution in [0.15, 0.2) is 48.5 Å². The summed E-state index contributed by atoms with van der Waals surface area (Å²) in [6.07, 6.45) is 0. The van der Waals surface area contributed by atoms with Crippen LogP contribution in [0.5, 0.6) is 0 Å². The van der Waals surface area contributed by atoms with E-state index in [9.17, 15) is 14.0 Å². The Morgan fingerprint density at radius 3 is 2.12 bits per heavy atom. The highest BCUT2D eigenvalue weighted by molar-refractivity contribution is 5.94. The molecule has 1 amide bonds. The largest absolute Gasteiger partial charge is 0.366 e. The minimum Gasteiger partial charge on any atom is -0.366 e. The molecule has 2 aromatic rings. The molecular weight excluding hydrogens is 407 g/mol. The number of carbonyl (C=O) groups excluding carboxylic acids is 2. The van der Waals surface area contributed by atoms with E-state index in [1.165, 1.54) is 18.6 Å². The van der Waals surface area contributed by atoms with Gasteiger partial charge in [-0.2, -0.15) is 0 Å². The number of anilines is 1. The van der Waals surface area contributed by atoms with Gasteiger partial charge in [-0.15, -0.1) is 0 Å². The van der Waals surface area contributed by atoms with Gasteiger partial charge in [0, 0.05) is 64.5 Å². The van der Waals surface area contributed by atoms with Crippen LogP contribution < -0.4 is 4.90 Å². The minimum atomic E-state index is -0.383. The summed E-state index contributed by atoms with van der Waals surface area (Å²) >= 11 is 0. The number of piperazine rings is 2. The van der Waals surface area contributed by atoms with Crippen molar-refractivity contribution in [1.82, 2.24) is 14.7 Å². The van der Waals surface area contributed by atoms with E-state index in [1.807, 2.05) is 15.9 Å². The molecule has 7 heteroatoms. The summed E-state index contributed by atoms with van der Waals surface area (Å²) < 4.78 is 14.4. The molecule has 2 fully saturated rings. The van der Waals surface area contributed by atoms with Crippen molar-refractivity contribution in [2.45, 2.75) is 13.5 Å². The van der Waals surface area contributed by atoms with E-state index in [0.717, 1.165) is 32.7 Å². The van der Waals surface area contributed by atoms with E-state index in [0.29, 0.717) is 44.0 Å². The first kappa shape index (κ1) is 22.4. The molecule has 0 radical (unpaired) electrons. The molecule has 0 unspecified atom stereocenters. The number of hydrogen-bond donors (Lipinski definition) is 0. The van der Waals surface area contributed by atoms with Crippen LogP contribution in [0.4, 0.5) is 10.1 Å². The zero-order chi connectivity index (χ0) is 22.5. The SMILES string of the molecule is CC(=O)c1ccc(N2CCN(C(=O)CN3CCN(Cc4ccccc4)CC3)CC2)c(F)c1. The maximum Gasteiger partial charge on any atom is 0.236 e. The molecule has 170 valence electrons. The first-order valence-electron chi connectivity index (χ1n) is 11.3. The summed E-state index contributed by atoms with van der Waals surface area (Å²) in [4.78, 5) is 32.7. The lowest BCUT2D eigenvalue weighted by atomic mass is 10.1. The summed E-state index contributed by atoms with van der Waals surface area (Å²) in [5.74, 6) is -0.383. The van der Waals surface area contributed by atoms with Crippen LogP contribution in [0.25, 0.3) is 0 Å². The zero-order valence-electron chi connectivity index (χ0n) is 18.7. The van der Waals surface area contributed by atoms with Crippen molar-refractivity contribution in [3.05, 3.63) is 65.5 Å². The predicted molar refractivity (Wildman–Crippen MR) is 123 cm³/mol. The molecule has 2 aliphatic heterocycles. The molecule has 2 aromatic carbocycles. The first-order valence-corrected chi connectivity index (χ1v) is 11.3. The van der Waals surface area contributed by atoms with Gasteiger partial charge >= 0.3 is 0 Å². The van der Waals surface area contributed by atoms with Gasteiger partial charge in [-0.05, 0) is 30.7 Å². The van der Waals surface area contributed by atoms with Gasteiger partial charge in [0.1, 0.15) is 5.82 Å². The number of ketones is 1. The average Bonchev–Trinajstić information content (AvgIpc) is 2.81. The third kappa shape index (κ3) is 5.53. The Morgan fingerprint density at radius 1 is 0.844 bits per heavy atom. The standard InChI is InChI=1S/C25H31FN4O2/c1-20(31)22-7-8-24(23(26)17-22)29-13-15-30(16-14-29)25(32)19-28-11-9-27(10-12-28)18-21-5-3-2-4-6-21/h2-8,17H,9-16,18-19H2,1H3. The molecule has 2 heterocycles. The van der Waals surface area contributed by atoms with E-state index in [2.05, 4.69) is 34.1 Å². The molecule has 0 N–H and O–H groups in total. The minimum absolute atomic E-state index is 0.147. The Bertz CT molecular complexity index is 936. The molecule has 0 saturated carbocycles. The second-order valence-corrected chi connectivity index (χ2v) is 8.63. The third-order valence-electron chi connectivity index (χ3n) is 6.40. The van der Waals surface area contributed by atoms with Crippen molar-refractivity contribution in [2.24, 2.45) is 0 Å². The molecule has 6 nitrogen and oxygen atoms in total. The highest BCUT2D eigenvalue weighted by Gasteiger charge is 2.26. The van der Waals surface area contributed by atoms with Crippen LogP contribution in [0, 0.1) is 5.82 Å². The van der Waals surface area contributed by atoms with Crippen LogP contribution in [-0.2, 0) is 11.3 Å². The van der Waals surface area contributed by atoms with E-state index in [-0.39, 0.29) is 17.5 Å². The summed E-state index contributed by atoms with van der Waals surface area (Å²) in [6.45, 7) is 8.90. The molecule has 0 atom stereocenters. The number of hydrogen-bond acceptors (Lipinski definition) is 5. The van der Waals surface area contributed by atoms with Gasteiger partial charge in [0.05, 0.1) is 12.2 Å². The smallest absolute Gasteiger partial charge is 0.236 e. The number of Topliss-reactive ketones (excluding diaryl/α,β-unsaturated/α-hetero) is 1. The molecular formula is C25H31FN4O2. The molecule has 2 saturated heterocycles. The fraction of sp³-hybridized carbons (Fsp3) is 0.440. The number of benzene rings is 2. The van der Waals surface area contributed by atoms with Crippen molar-refractivity contribution >= 4 is 17.4 Å². The topological polar surface area (TPSA) is 47.1 Å². The number of nitrogens with zero attached hydrogens (tertiary/aromatic N) is 4. The van der Waals surface area contributed by atoms with E-state index in [4.69, 9.17) is 0 Å². The zero-order valence-corrected chi connectivity index (χ0v) is 18.7. The number of carbonyl (C=O) groups is 2. The maximum atomic E-state index is 14.4. The van der Waals surface area contributed by atoms with Gasteiger partial charge in [-0.1, -0.05) is 30.3 Å². The lowest BCUT2D eigenvalue weighted by Gasteiger charge is -2.38. The van der Waals surface area contributed by atoms with Crippen LogP contribution in [0.3, 0.4) is 0 Å². The van der Waals surface area contributed by atoms with E-state index < -0.39 is 0 Å². The molecule has 0 bridgehead atoms. The monoisotopic (exact) mass is 438 g/mol. The van der Waals surface area contributed by atoms with E-state index in [1.54, 1.807) is 12.1 Å². The number of amides is 1. The molecule has 0 spiro atoms. The molecule has 2 aliphatic rings. The van der Waals surface area contributed by atoms with Crippen molar-refractivity contribution in [3.8, 4) is 0 Å². The predicted octanol–water partition coefficient (Wildman–Crippen LogP) is 2.49. The van der Waals surface area contributed by atoms with E-state index >= 15 is 0 Å². The normalized spacial score (nSPS) is 18.1. The maximum absolute atomic E-state index is 14.4. The van der Waals surface area contributed by atoms with Crippen molar-refractivity contribution < 1.29 is 14.0 Å². The van der Waals surface area contributed by atoms with Gasteiger partial charge < -0.3 is 9.80 Å². The second kappa shape index (κ2) is 10.2. The third-order valence-corrected chi connectivity index (χ3v) is 6.40. The van der Waals surface area contributed by atoms with Crippen molar-refractivity contribution in [1.29, 1.82) is 0 Å². The Balaban J connectivity index is 1.22. The Morgan fingerprint density at radius 2 is 1.50 bits per heavy atom. The fourth-order valence-electron chi connectivity index (χ4n) is 4.42. The number of halogens is 1. The highest BCUT2D eigenvalue weighted by atomic mass is 19.1. The fourth-order valence-corrected chi connectivity index (χ4v) is 4.42. The van der Waals surface area contributed by atoms with Crippen molar-refractivity contribution in [2.75, 3.05) is 63.8 Å². The Kier molecular flexibility index (Phi) is 7.17. The number of rotatable bonds is 6. The van der Waals surface area contributed by atoms with Gasteiger partial charge in [-0.3, -0.25) is 19.4 Å². The molecule has 0 aromatic heterocycles. The summed E-state index contributed by atoms with van der Waals surface area (Å²) in [7, 11) is 0. The second-order valence-electron chi connectivity index (χ2n) is 8.63. The van der Waals surface area contributed by atoms with Crippen LogP contribution in [0.1, 0.15) is 22.8 Å². The Hall–Kier alpha value is -2.77. The van der Waals surface area contributed by atoms with Gasteiger partial charge in [-0.25, -0.2) is 4.39 Å². The van der Waals surface area contributed by atoms with Crippen LogP contribution in [-0.4, -0.2) is 85.3 Å². The van der Waals surface area contributed by atoms with Crippen molar-refractivity contribution in [3.63, 3.8) is 0 Å². The molecule has 32 heavy (non-hydrogen) atoms. The van der Waals surface area contributed by atoms with Gasteiger partial charge in [0.15, 0.2) is 5.78 Å². The van der Waals surface area contributed by atoms with Gasteiger partial charge in [0.2, 0.25) is 5.91 Å². The quantitative estimate of drug-likeness (QED) is 0.649. The van der Waals surface area contributed by atoms with Crippen LogP contribution >= 0.6 is 0 Å².